The van der Waals surface area contributed by atoms with E-state index in [9.17, 15) is 28.8 Å². The normalized spacial score (nSPS) is 14.4. The van der Waals surface area contributed by atoms with Gasteiger partial charge in [-0.25, -0.2) is 4.98 Å². The number of carbonyl (C=O) groups excluding carboxylic acids is 6. The zero-order chi connectivity index (χ0) is 40.5. The highest BCUT2D eigenvalue weighted by atomic mass is 32.1. The maximum absolute atomic E-state index is 14.2. The van der Waals surface area contributed by atoms with E-state index in [2.05, 4.69) is 66.8 Å². The predicted octanol–water partition coefficient (Wildman–Crippen LogP) is -0.142. The van der Waals surface area contributed by atoms with Gasteiger partial charge in [-0.15, -0.1) is 0 Å². The number of aromatic amines is 2. The van der Waals surface area contributed by atoms with Crippen LogP contribution in [0.3, 0.4) is 0 Å². The van der Waals surface area contributed by atoms with E-state index in [1.165, 1.54) is 12.5 Å². The molecule has 0 aliphatic carbocycles. The molecule has 6 atom stereocenters. The molecule has 2 heterocycles. The Morgan fingerprint density at radius 2 is 1.34 bits per heavy atom. The van der Waals surface area contributed by atoms with Crippen molar-refractivity contribution < 1.29 is 28.8 Å². The van der Waals surface area contributed by atoms with Gasteiger partial charge in [0.2, 0.25) is 29.5 Å². The zero-order valence-corrected chi connectivity index (χ0v) is 32.6. The van der Waals surface area contributed by atoms with Crippen molar-refractivity contribution >= 4 is 72.0 Å². The molecule has 4 aromatic rings. The van der Waals surface area contributed by atoms with Crippen LogP contribution in [0.25, 0.3) is 10.9 Å². The molecule has 0 saturated heterocycles. The standard InChI is InChI=1S/C38H50N10O6S2/c39-13-7-6-12-30(45-38(54)33(21-56)48-34(50)28(40)16-25-18-41-22-43-25)35(51)46-31(14-23-8-2-1-3-9-23)37(53)47-32(36(52)44-26(19-49)20-55)15-24-17-42-29-11-5-4-10-27(24)29/h1-5,8-11,17-19,22,26,28,30-33,42,55-56H,6-7,12-16,20-21,39-40H2,(H,41,43)(H,44,52)(H,45,54)(H,46,51)(H,47,53)(H,48,50)/t26-,28+,30+,31+,32+,33+/m1/s1. The summed E-state index contributed by atoms with van der Waals surface area (Å²) in [5.41, 5.74) is 14.7. The van der Waals surface area contributed by atoms with Crippen LogP contribution in [0, 0.1) is 0 Å². The third-order valence-corrected chi connectivity index (χ3v) is 9.82. The van der Waals surface area contributed by atoms with Gasteiger partial charge in [-0.05, 0) is 43.0 Å². The van der Waals surface area contributed by atoms with Crippen LogP contribution in [-0.4, -0.2) is 105 Å². The molecular weight excluding hydrogens is 757 g/mol. The van der Waals surface area contributed by atoms with Gasteiger partial charge in [0.15, 0.2) is 0 Å². The second-order valence-corrected chi connectivity index (χ2v) is 14.0. The highest BCUT2D eigenvalue weighted by Gasteiger charge is 2.32. The van der Waals surface area contributed by atoms with E-state index < -0.39 is 65.8 Å². The molecule has 0 unspecified atom stereocenters. The van der Waals surface area contributed by atoms with Crippen LogP contribution in [0.4, 0.5) is 0 Å². The van der Waals surface area contributed by atoms with E-state index in [1.807, 2.05) is 30.3 Å². The van der Waals surface area contributed by atoms with Gasteiger partial charge in [-0.2, -0.15) is 25.3 Å². The number of nitrogens with zero attached hydrogens (tertiary/aromatic N) is 1. The largest absolute Gasteiger partial charge is 0.361 e. The summed E-state index contributed by atoms with van der Waals surface area (Å²) in [6, 6.07) is 9.96. The van der Waals surface area contributed by atoms with Gasteiger partial charge in [-0.1, -0.05) is 48.5 Å². The van der Waals surface area contributed by atoms with Crippen LogP contribution >= 0.6 is 25.3 Å². The fraction of sp³-hybridized carbons (Fsp3) is 0.395. The van der Waals surface area contributed by atoms with E-state index in [0.29, 0.717) is 31.4 Å². The van der Waals surface area contributed by atoms with E-state index in [4.69, 9.17) is 11.5 Å². The predicted molar refractivity (Wildman–Crippen MR) is 219 cm³/mol. The smallest absolute Gasteiger partial charge is 0.244 e. The molecule has 0 bridgehead atoms. The molecule has 0 radical (unpaired) electrons. The summed E-state index contributed by atoms with van der Waals surface area (Å²) in [7, 11) is 0. The van der Waals surface area contributed by atoms with Crippen molar-refractivity contribution in [3.63, 3.8) is 0 Å². The van der Waals surface area contributed by atoms with Crippen molar-refractivity contribution in [1.82, 2.24) is 41.5 Å². The molecule has 0 aliphatic rings. The Kier molecular flexibility index (Phi) is 17.4. The number of amides is 5. The SMILES string of the molecule is NCCCC[C@H](NC(=O)[C@H](CS)NC(=O)[C@@H](N)Cc1cnc[nH]1)C(=O)N[C@@H](Cc1ccccc1)C(=O)N[C@@H](Cc1c[nH]c2ccccc12)C(=O)N[C@H](C=O)CS. The van der Waals surface area contributed by atoms with E-state index in [0.717, 1.165) is 22.0 Å². The summed E-state index contributed by atoms with van der Waals surface area (Å²) in [5.74, 6) is -3.28. The van der Waals surface area contributed by atoms with Crippen molar-refractivity contribution in [2.24, 2.45) is 11.5 Å². The number of nitrogens with one attached hydrogen (secondary N) is 7. The molecule has 0 fully saturated rings. The molecule has 16 nitrogen and oxygen atoms in total. The Bertz CT molecular complexity index is 1890. The number of hydrogen-bond donors (Lipinski definition) is 11. The van der Waals surface area contributed by atoms with Gasteiger partial charge in [0.25, 0.3) is 0 Å². The maximum Gasteiger partial charge on any atom is 0.244 e. The number of hydrogen-bond acceptors (Lipinski definition) is 11. The van der Waals surface area contributed by atoms with Gasteiger partial charge in [0, 0.05) is 59.8 Å². The lowest BCUT2D eigenvalue weighted by Crippen LogP contribution is -2.60. The topological polar surface area (TPSA) is 259 Å². The lowest BCUT2D eigenvalue weighted by Gasteiger charge is -2.27. The number of aldehydes is 1. The highest BCUT2D eigenvalue weighted by Crippen LogP contribution is 2.19. The molecule has 0 spiro atoms. The lowest BCUT2D eigenvalue weighted by atomic mass is 10.0. The second-order valence-electron chi connectivity index (χ2n) is 13.3. The Morgan fingerprint density at radius 1 is 0.714 bits per heavy atom. The van der Waals surface area contributed by atoms with Crippen molar-refractivity contribution in [3.05, 3.63) is 90.1 Å². The molecule has 11 N–H and O–H groups in total. The first-order chi connectivity index (χ1) is 27.1. The van der Waals surface area contributed by atoms with Crippen molar-refractivity contribution in [2.45, 2.75) is 74.8 Å². The van der Waals surface area contributed by atoms with Crippen LogP contribution in [0.15, 0.2) is 73.3 Å². The van der Waals surface area contributed by atoms with E-state index in [1.54, 1.807) is 30.5 Å². The number of thiol groups is 2. The number of fused-ring (bicyclic) bond motifs is 1. The fourth-order valence-electron chi connectivity index (χ4n) is 5.97. The number of H-pyrrole nitrogens is 2. The van der Waals surface area contributed by atoms with Gasteiger partial charge < -0.3 is 52.8 Å². The number of benzene rings is 2. The van der Waals surface area contributed by atoms with Crippen LogP contribution in [-0.2, 0) is 48.0 Å². The molecule has 56 heavy (non-hydrogen) atoms. The van der Waals surface area contributed by atoms with Crippen LogP contribution in [0.5, 0.6) is 0 Å². The lowest BCUT2D eigenvalue weighted by molar-refractivity contribution is -0.134. The summed E-state index contributed by atoms with van der Waals surface area (Å²) in [4.78, 5) is 89.8. The molecule has 4 rings (SSSR count). The molecule has 2 aromatic heterocycles. The zero-order valence-electron chi connectivity index (χ0n) is 30.8. The molecular formula is C38H50N10O6S2. The minimum atomic E-state index is -1.20. The first kappa shape index (κ1) is 43.6. The summed E-state index contributed by atoms with van der Waals surface area (Å²) in [5, 5.41) is 14.4. The number of rotatable bonds is 23. The average Bonchev–Trinajstić information content (AvgIpc) is 3.88. The second kappa shape index (κ2) is 22.4. The van der Waals surface area contributed by atoms with Gasteiger partial charge in [0.05, 0.1) is 18.4 Å². The van der Waals surface area contributed by atoms with Gasteiger partial charge in [0.1, 0.15) is 30.5 Å². The van der Waals surface area contributed by atoms with Crippen LogP contribution in [0.1, 0.15) is 36.1 Å². The van der Waals surface area contributed by atoms with E-state index in [-0.39, 0.29) is 37.2 Å². The maximum atomic E-state index is 14.2. The Hall–Kier alpha value is -5.17. The third kappa shape index (κ3) is 13.0. The van der Waals surface area contributed by atoms with Crippen molar-refractivity contribution in [1.29, 1.82) is 0 Å². The summed E-state index contributed by atoms with van der Waals surface area (Å²) < 4.78 is 0. The molecule has 0 aliphatic heterocycles. The average molecular weight is 807 g/mol. The van der Waals surface area contributed by atoms with Crippen LogP contribution in [0.2, 0.25) is 0 Å². The number of carbonyl (C=O) groups is 6. The molecule has 300 valence electrons. The minimum absolute atomic E-state index is 0.0421. The van der Waals surface area contributed by atoms with E-state index >= 15 is 0 Å². The van der Waals surface area contributed by atoms with Crippen molar-refractivity contribution in [2.75, 3.05) is 18.1 Å². The minimum Gasteiger partial charge on any atom is -0.361 e. The van der Waals surface area contributed by atoms with Crippen molar-refractivity contribution in [3.8, 4) is 0 Å². The van der Waals surface area contributed by atoms with Gasteiger partial charge >= 0.3 is 0 Å². The first-order valence-electron chi connectivity index (χ1n) is 18.3. The fourth-order valence-corrected chi connectivity index (χ4v) is 6.41. The third-order valence-electron chi connectivity index (χ3n) is 9.06. The highest BCUT2D eigenvalue weighted by molar-refractivity contribution is 7.80. The number of imidazole rings is 1. The number of aromatic nitrogens is 3. The molecule has 2 aromatic carbocycles. The Morgan fingerprint density at radius 3 is 2.00 bits per heavy atom. The summed E-state index contributed by atoms with van der Waals surface area (Å²) in [6.45, 7) is 0.350. The Balaban J connectivity index is 1.55. The summed E-state index contributed by atoms with van der Waals surface area (Å²) >= 11 is 8.40. The quantitative estimate of drug-likeness (QED) is 0.0271. The van der Waals surface area contributed by atoms with Gasteiger partial charge in [-0.3, -0.25) is 24.0 Å². The number of nitrogens with two attached hydrogens (primary N) is 2. The monoisotopic (exact) mass is 806 g/mol. The van der Waals surface area contributed by atoms with Crippen LogP contribution < -0.4 is 38.1 Å². The molecule has 18 heteroatoms. The summed E-state index contributed by atoms with van der Waals surface area (Å²) in [6.07, 6.45) is 6.76. The number of unbranched alkanes of at least 4 members (excludes halogenated alkanes) is 1. The Labute approximate surface area is 335 Å². The molecule has 0 saturated carbocycles. The number of para-hydroxylation sites is 1. The molecule has 5 amide bonds. The first-order valence-corrected chi connectivity index (χ1v) is 19.5.